The number of halogens is 1. The summed E-state index contributed by atoms with van der Waals surface area (Å²) in [5.41, 5.74) is 0. The third-order valence-electron chi connectivity index (χ3n) is 0.388. The number of rotatable bonds is 2. The van der Waals surface area contributed by atoms with Crippen molar-refractivity contribution in [2.45, 2.75) is 6.92 Å². The van der Waals surface area contributed by atoms with E-state index in [0.717, 1.165) is 0 Å². The lowest BCUT2D eigenvalue weighted by molar-refractivity contribution is -0.124. The summed E-state index contributed by atoms with van der Waals surface area (Å²) in [4.78, 5) is 9.43. The van der Waals surface area contributed by atoms with Gasteiger partial charge >= 0.3 is 0 Å². The number of hydrogen-bond acceptors (Lipinski definition) is 2. The summed E-state index contributed by atoms with van der Waals surface area (Å²) in [5.74, 6) is 0. The van der Waals surface area contributed by atoms with Gasteiger partial charge in [0, 0.05) is 0 Å². The van der Waals surface area contributed by atoms with Crippen LogP contribution in [-0.2, 0) is 9.53 Å². The monoisotopic (exact) mass is 120 g/mol. The molecule has 2 nitrogen and oxygen atoms in total. The molecular formula is C4H5ClO2. The Kier molecular flexibility index (Phi) is 3.42. The van der Waals surface area contributed by atoms with Crippen molar-refractivity contribution < 1.29 is 9.53 Å². The molecular weight excluding hydrogens is 115 g/mol. The van der Waals surface area contributed by atoms with Gasteiger partial charge in [0.2, 0.25) is 0 Å². The lowest BCUT2D eigenvalue weighted by Gasteiger charge is -1.86. The van der Waals surface area contributed by atoms with Crippen molar-refractivity contribution in [2.24, 2.45) is 0 Å². The third kappa shape index (κ3) is 3.33. The SMILES string of the molecule is C/C=C(/Cl)OC=O. The van der Waals surface area contributed by atoms with Crippen LogP contribution in [0.15, 0.2) is 11.3 Å². The van der Waals surface area contributed by atoms with Crippen molar-refractivity contribution in [3.05, 3.63) is 11.3 Å². The predicted octanol–water partition coefficient (Wildman–Crippen LogP) is 1.26. The van der Waals surface area contributed by atoms with Gasteiger partial charge in [-0.25, -0.2) is 0 Å². The molecule has 0 amide bonds. The van der Waals surface area contributed by atoms with Gasteiger partial charge in [-0.1, -0.05) is 0 Å². The molecule has 0 aromatic heterocycles. The second-order valence-corrected chi connectivity index (χ2v) is 1.18. The Labute approximate surface area is 46.7 Å². The van der Waals surface area contributed by atoms with Gasteiger partial charge in [-0.3, -0.25) is 4.79 Å². The van der Waals surface area contributed by atoms with Crippen molar-refractivity contribution in [2.75, 3.05) is 0 Å². The number of allylic oxidation sites excluding steroid dienone is 1. The molecule has 0 saturated heterocycles. The van der Waals surface area contributed by atoms with Gasteiger partial charge in [-0.15, -0.1) is 0 Å². The Morgan fingerprint density at radius 3 is 2.57 bits per heavy atom. The van der Waals surface area contributed by atoms with Gasteiger partial charge in [0.1, 0.15) is 0 Å². The summed E-state index contributed by atoms with van der Waals surface area (Å²) >= 11 is 5.17. The van der Waals surface area contributed by atoms with E-state index in [1.165, 1.54) is 6.08 Å². The van der Waals surface area contributed by atoms with Crippen molar-refractivity contribution in [3.8, 4) is 0 Å². The summed E-state index contributed by atoms with van der Waals surface area (Å²) in [6, 6.07) is 0. The maximum Gasteiger partial charge on any atom is 0.299 e. The fourth-order valence-corrected chi connectivity index (χ4v) is 0.150. The molecule has 0 unspecified atom stereocenters. The fourth-order valence-electron chi connectivity index (χ4n) is 0.114. The molecule has 0 aromatic carbocycles. The van der Waals surface area contributed by atoms with Crippen LogP contribution in [-0.4, -0.2) is 6.47 Å². The van der Waals surface area contributed by atoms with E-state index >= 15 is 0 Å². The first-order chi connectivity index (χ1) is 3.31. The number of hydrogen-bond donors (Lipinski definition) is 0. The van der Waals surface area contributed by atoms with E-state index in [2.05, 4.69) is 4.74 Å². The molecule has 0 heterocycles. The van der Waals surface area contributed by atoms with Crippen LogP contribution in [0.3, 0.4) is 0 Å². The fraction of sp³-hybridized carbons (Fsp3) is 0.250. The summed E-state index contributed by atoms with van der Waals surface area (Å²) in [5, 5.41) is 0.106. The molecule has 0 aliphatic rings. The molecule has 3 heteroatoms. The quantitative estimate of drug-likeness (QED) is 0.405. The zero-order valence-electron chi connectivity index (χ0n) is 3.85. The van der Waals surface area contributed by atoms with E-state index in [4.69, 9.17) is 11.6 Å². The van der Waals surface area contributed by atoms with E-state index in [0.29, 0.717) is 0 Å². The average Bonchev–Trinajstić information content (AvgIpc) is 1.68. The maximum atomic E-state index is 9.43. The third-order valence-corrected chi connectivity index (χ3v) is 0.695. The van der Waals surface area contributed by atoms with Crippen LogP contribution >= 0.6 is 11.6 Å². The van der Waals surface area contributed by atoms with Gasteiger partial charge < -0.3 is 4.74 Å². The van der Waals surface area contributed by atoms with E-state index in [-0.39, 0.29) is 11.7 Å². The van der Waals surface area contributed by atoms with E-state index in [9.17, 15) is 4.79 Å². The number of carbonyl (C=O) groups is 1. The molecule has 0 N–H and O–H groups in total. The minimum atomic E-state index is 0.106. The van der Waals surface area contributed by atoms with E-state index in [1.807, 2.05) is 0 Å². The first kappa shape index (κ1) is 6.50. The molecule has 7 heavy (non-hydrogen) atoms. The summed E-state index contributed by atoms with van der Waals surface area (Å²) < 4.78 is 4.14. The lowest BCUT2D eigenvalue weighted by Crippen LogP contribution is -1.77. The van der Waals surface area contributed by atoms with Crippen molar-refractivity contribution >= 4 is 18.1 Å². The highest BCUT2D eigenvalue weighted by Crippen LogP contribution is 1.98. The lowest BCUT2D eigenvalue weighted by atomic mass is 10.7. The van der Waals surface area contributed by atoms with Gasteiger partial charge in [0.25, 0.3) is 6.47 Å². The smallest absolute Gasteiger partial charge is 0.299 e. The highest BCUT2D eigenvalue weighted by molar-refractivity contribution is 6.28. The molecule has 0 rings (SSSR count). The number of ether oxygens (including phenoxy) is 1. The van der Waals surface area contributed by atoms with Crippen LogP contribution in [0.25, 0.3) is 0 Å². The average molecular weight is 121 g/mol. The second kappa shape index (κ2) is 3.68. The highest BCUT2D eigenvalue weighted by Gasteiger charge is 1.81. The summed E-state index contributed by atoms with van der Waals surface area (Å²) in [7, 11) is 0. The molecule has 0 bridgehead atoms. The Bertz CT molecular complexity index is 87.7. The second-order valence-electron chi connectivity index (χ2n) is 0.807. The molecule has 0 aliphatic heterocycles. The van der Waals surface area contributed by atoms with Crippen molar-refractivity contribution in [1.82, 2.24) is 0 Å². The Balaban J connectivity index is 3.36. The zero-order chi connectivity index (χ0) is 5.70. The van der Waals surface area contributed by atoms with Crippen LogP contribution in [0.2, 0.25) is 0 Å². The summed E-state index contributed by atoms with van der Waals surface area (Å²) in [6.07, 6.45) is 1.48. The molecule has 0 fully saturated rings. The Morgan fingerprint density at radius 1 is 1.86 bits per heavy atom. The zero-order valence-corrected chi connectivity index (χ0v) is 4.61. The predicted molar refractivity (Wildman–Crippen MR) is 26.8 cm³/mol. The van der Waals surface area contributed by atoms with Crippen molar-refractivity contribution in [1.29, 1.82) is 0 Å². The summed E-state index contributed by atoms with van der Waals surface area (Å²) in [6.45, 7) is 1.95. The standard InChI is InChI=1S/C4H5ClO2/c1-2-4(5)7-3-6/h2-3H,1H3/b4-2-. The van der Waals surface area contributed by atoms with E-state index in [1.54, 1.807) is 6.92 Å². The minimum absolute atomic E-state index is 0.106. The van der Waals surface area contributed by atoms with Crippen molar-refractivity contribution in [3.63, 3.8) is 0 Å². The molecule has 40 valence electrons. The molecule has 0 aromatic rings. The maximum absolute atomic E-state index is 9.43. The van der Waals surface area contributed by atoms with Crippen LogP contribution in [0.1, 0.15) is 6.92 Å². The molecule has 0 atom stereocenters. The van der Waals surface area contributed by atoms with Crippen LogP contribution in [0.4, 0.5) is 0 Å². The van der Waals surface area contributed by atoms with Gasteiger partial charge in [-0.2, -0.15) is 0 Å². The Morgan fingerprint density at radius 2 is 2.43 bits per heavy atom. The molecule has 0 spiro atoms. The van der Waals surface area contributed by atoms with Crippen LogP contribution in [0, 0.1) is 0 Å². The first-order valence-corrected chi connectivity index (χ1v) is 2.11. The van der Waals surface area contributed by atoms with Gasteiger partial charge in [0.15, 0.2) is 5.22 Å². The molecule has 0 saturated carbocycles. The number of carbonyl (C=O) groups excluding carboxylic acids is 1. The largest absolute Gasteiger partial charge is 0.417 e. The van der Waals surface area contributed by atoms with Crippen LogP contribution < -0.4 is 0 Å². The van der Waals surface area contributed by atoms with Gasteiger partial charge in [0.05, 0.1) is 0 Å². The molecule has 0 radical (unpaired) electrons. The normalized spacial score (nSPS) is 10.9. The highest BCUT2D eigenvalue weighted by atomic mass is 35.5. The minimum Gasteiger partial charge on any atom is -0.417 e. The van der Waals surface area contributed by atoms with E-state index < -0.39 is 0 Å². The van der Waals surface area contributed by atoms with Gasteiger partial charge in [-0.05, 0) is 24.6 Å². The van der Waals surface area contributed by atoms with Crippen LogP contribution in [0.5, 0.6) is 0 Å². The Hall–Kier alpha value is -0.500. The topological polar surface area (TPSA) is 26.3 Å². The molecule has 0 aliphatic carbocycles. The first-order valence-electron chi connectivity index (χ1n) is 1.73.